The SMILES string of the molecule is CCCC(=O)Nc1cc(O)c(C(=O)O)cc1N=Nc1ccccc1. The number of carbonyl (C=O) groups is 2. The number of hydrogen-bond acceptors (Lipinski definition) is 5. The number of carboxylic acid groups (broad SMARTS) is 1. The minimum atomic E-state index is -1.30. The van der Waals surface area contributed by atoms with Gasteiger partial charge in [0.15, 0.2) is 0 Å². The lowest BCUT2D eigenvalue weighted by atomic mass is 10.1. The molecule has 1 amide bonds. The molecule has 124 valence electrons. The number of benzene rings is 2. The van der Waals surface area contributed by atoms with E-state index in [1.807, 2.05) is 13.0 Å². The van der Waals surface area contributed by atoms with Crippen LogP contribution in [-0.4, -0.2) is 22.1 Å². The van der Waals surface area contributed by atoms with E-state index in [9.17, 15) is 14.7 Å². The molecule has 0 saturated heterocycles. The van der Waals surface area contributed by atoms with Crippen LogP contribution in [0.5, 0.6) is 5.75 Å². The highest BCUT2D eigenvalue weighted by molar-refractivity contribution is 5.98. The third-order valence-electron chi connectivity index (χ3n) is 3.12. The van der Waals surface area contributed by atoms with Crippen molar-refractivity contribution in [3.63, 3.8) is 0 Å². The summed E-state index contributed by atoms with van der Waals surface area (Å²) in [4.78, 5) is 23.0. The zero-order valence-electron chi connectivity index (χ0n) is 13.1. The molecule has 0 spiro atoms. The summed E-state index contributed by atoms with van der Waals surface area (Å²) in [6.07, 6.45) is 0.961. The number of hydrogen-bond donors (Lipinski definition) is 3. The van der Waals surface area contributed by atoms with Gasteiger partial charge >= 0.3 is 5.97 Å². The van der Waals surface area contributed by atoms with E-state index in [2.05, 4.69) is 15.5 Å². The maximum Gasteiger partial charge on any atom is 0.339 e. The first-order valence-electron chi connectivity index (χ1n) is 7.38. The number of nitrogens with one attached hydrogen (secondary N) is 1. The summed E-state index contributed by atoms with van der Waals surface area (Å²) < 4.78 is 0. The number of carboxylic acids is 1. The largest absolute Gasteiger partial charge is 0.507 e. The zero-order valence-corrected chi connectivity index (χ0v) is 13.1. The Bertz CT molecular complexity index is 773. The van der Waals surface area contributed by atoms with Gasteiger partial charge in [0.1, 0.15) is 17.0 Å². The number of amides is 1. The number of rotatable bonds is 6. The number of nitrogens with zero attached hydrogens (tertiary/aromatic N) is 2. The highest BCUT2D eigenvalue weighted by Crippen LogP contribution is 2.34. The lowest BCUT2D eigenvalue weighted by molar-refractivity contribution is -0.116. The van der Waals surface area contributed by atoms with Gasteiger partial charge in [-0.15, -0.1) is 5.11 Å². The first-order valence-corrected chi connectivity index (χ1v) is 7.38. The van der Waals surface area contributed by atoms with Gasteiger partial charge in [0.2, 0.25) is 5.91 Å². The van der Waals surface area contributed by atoms with E-state index in [1.54, 1.807) is 24.3 Å². The van der Waals surface area contributed by atoms with E-state index >= 15 is 0 Å². The fourth-order valence-corrected chi connectivity index (χ4v) is 1.98. The molecule has 2 rings (SSSR count). The van der Waals surface area contributed by atoms with Crippen LogP contribution in [0.3, 0.4) is 0 Å². The van der Waals surface area contributed by atoms with E-state index < -0.39 is 11.7 Å². The minimum Gasteiger partial charge on any atom is -0.507 e. The van der Waals surface area contributed by atoms with E-state index in [-0.39, 0.29) is 22.8 Å². The van der Waals surface area contributed by atoms with Gasteiger partial charge in [0.05, 0.1) is 11.4 Å². The predicted octanol–water partition coefficient (Wildman–Crippen LogP) is 4.24. The lowest BCUT2D eigenvalue weighted by Crippen LogP contribution is -2.11. The first kappa shape index (κ1) is 17.1. The summed E-state index contributed by atoms with van der Waals surface area (Å²) >= 11 is 0. The Morgan fingerprint density at radius 1 is 1.12 bits per heavy atom. The van der Waals surface area contributed by atoms with Crippen molar-refractivity contribution in [1.82, 2.24) is 0 Å². The van der Waals surface area contributed by atoms with Gasteiger partial charge < -0.3 is 15.5 Å². The number of anilines is 1. The maximum atomic E-state index is 11.8. The summed E-state index contributed by atoms with van der Waals surface area (Å²) in [6, 6.07) is 11.2. The van der Waals surface area contributed by atoms with Crippen molar-refractivity contribution in [2.24, 2.45) is 10.2 Å². The second-order valence-electron chi connectivity index (χ2n) is 5.03. The topological polar surface area (TPSA) is 111 Å². The molecule has 3 N–H and O–H groups in total. The molecule has 0 aliphatic heterocycles. The van der Waals surface area contributed by atoms with Crippen LogP contribution < -0.4 is 5.32 Å². The van der Waals surface area contributed by atoms with Crippen LogP contribution in [-0.2, 0) is 4.79 Å². The van der Waals surface area contributed by atoms with Gasteiger partial charge in [0.25, 0.3) is 0 Å². The number of carbonyl (C=O) groups excluding carboxylic acids is 1. The highest BCUT2D eigenvalue weighted by atomic mass is 16.4. The Hall–Kier alpha value is -3.22. The van der Waals surface area contributed by atoms with Crippen molar-refractivity contribution in [2.75, 3.05) is 5.32 Å². The van der Waals surface area contributed by atoms with E-state index in [0.29, 0.717) is 18.5 Å². The number of aromatic hydroxyl groups is 1. The van der Waals surface area contributed by atoms with Crippen LogP contribution in [0.25, 0.3) is 0 Å². The Kier molecular flexibility index (Phi) is 5.62. The molecule has 0 aliphatic rings. The van der Waals surface area contributed by atoms with E-state index in [0.717, 1.165) is 6.07 Å². The quantitative estimate of drug-likeness (QED) is 0.689. The molecule has 0 aromatic heterocycles. The Morgan fingerprint density at radius 3 is 2.46 bits per heavy atom. The number of azo groups is 1. The highest BCUT2D eigenvalue weighted by Gasteiger charge is 2.16. The van der Waals surface area contributed by atoms with Crippen molar-refractivity contribution in [2.45, 2.75) is 19.8 Å². The third kappa shape index (κ3) is 4.39. The monoisotopic (exact) mass is 327 g/mol. The molecule has 7 nitrogen and oxygen atoms in total. The Morgan fingerprint density at radius 2 is 1.83 bits per heavy atom. The molecular weight excluding hydrogens is 310 g/mol. The van der Waals surface area contributed by atoms with Crippen molar-refractivity contribution >= 4 is 28.9 Å². The minimum absolute atomic E-state index is 0.151. The maximum absolute atomic E-state index is 11.8. The number of aromatic carboxylic acids is 1. The number of phenols is 1. The normalized spacial score (nSPS) is 10.7. The van der Waals surface area contributed by atoms with Gasteiger partial charge in [0, 0.05) is 12.5 Å². The fourth-order valence-electron chi connectivity index (χ4n) is 1.98. The summed E-state index contributed by atoms with van der Waals surface area (Å²) in [5.41, 5.74) is 0.618. The predicted molar refractivity (Wildman–Crippen MR) is 89.2 cm³/mol. The average molecular weight is 327 g/mol. The molecule has 0 atom stereocenters. The molecule has 24 heavy (non-hydrogen) atoms. The third-order valence-corrected chi connectivity index (χ3v) is 3.12. The summed E-state index contributed by atoms with van der Waals surface area (Å²) in [7, 11) is 0. The molecule has 0 heterocycles. The summed E-state index contributed by atoms with van der Waals surface area (Å²) in [6.45, 7) is 1.86. The van der Waals surface area contributed by atoms with Crippen LogP contribution in [0.2, 0.25) is 0 Å². The van der Waals surface area contributed by atoms with Gasteiger partial charge in [-0.3, -0.25) is 4.79 Å². The van der Waals surface area contributed by atoms with Gasteiger partial charge in [-0.05, 0) is 24.6 Å². The molecule has 0 unspecified atom stereocenters. The Labute approximate surface area is 138 Å². The van der Waals surface area contributed by atoms with Gasteiger partial charge in [-0.25, -0.2) is 4.79 Å². The second kappa shape index (κ2) is 7.87. The van der Waals surface area contributed by atoms with Gasteiger partial charge in [-0.1, -0.05) is 25.1 Å². The molecule has 0 bridgehead atoms. The van der Waals surface area contributed by atoms with Crippen molar-refractivity contribution in [3.05, 3.63) is 48.0 Å². The fraction of sp³-hybridized carbons (Fsp3) is 0.176. The van der Waals surface area contributed by atoms with Crippen LogP contribution in [0.4, 0.5) is 17.1 Å². The van der Waals surface area contributed by atoms with Crippen LogP contribution in [0, 0.1) is 0 Å². The van der Waals surface area contributed by atoms with E-state index in [4.69, 9.17) is 5.11 Å². The molecule has 0 fully saturated rings. The zero-order chi connectivity index (χ0) is 17.5. The van der Waals surface area contributed by atoms with Crippen molar-refractivity contribution in [1.29, 1.82) is 0 Å². The van der Waals surface area contributed by atoms with Crippen molar-refractivity contribution < 1.29 is 19.8 Å². The molecule has 2 aromatic rings. The summed E-state index contributed by atoms with van der Waals surface area (Å²) in [5.74, 6) is -2.00. The standard InChI is InChI=1S/C17H17N3O4/c1-2-6-16(22)18-13-10-15(21)12(17(23)24)9-14(13)20-19-11-7-4-3-5-8-11/h3-5,7-10,21H,2,6H2,1H3,(H,18,22)(H,23,24). The molecular formula is C17H17N3O4. The molecule has 0 radical (unpaired) electrons. The molecule has 0 saturated carbocycles. The van der Waals surface area contributed by atoms with Crippen LogP contribution in [0.15, 0.2) is 52.7 Å². The van der Waals surface area contributed by atoms with E-state index in [1.165, 1.54) is 6.07 Å². The van der Waals surface area contributed by atoms with Crippen LogP contribution >= 0.6 is 0 Å². The smallest absolute Gasteiger partial charge is 0.339 e. The van der Waals surface area contributed by atoms with Crippen LogP contribution in [0.1, 0.15) is 30.1 Å². The molecule has 0 aliphatic carbocycles. The summed E-state index contributed by atoms with van der Waals surface area (Å²) in [5, 5.41) is 29.6. The Balaban J connectivity index is 2.41. The lowest BCUT2D eigenvalue weighted by Gasteiger charge is -2.09. The van der Waals surface area contributed by atoms with Gasteiger partial charge in [-0.2, -0.15) is 5.11 Å². The molecule has 7 heteroatoms. The second-order valence-corrected chi connectivity index (χ2v) is 5.03. The average Bonchev–Trinajstić information content (AvgIpc) is 2.55. The first-order chi connectivity index (χ1) is 11.5. The van der Waals surface area contributed by atoms with Crippen molar-refractivity contribution in [3.8, 4) is 5.75 Å². The molecule has 2 aromatic carbocycles.